The van der Waals surface area contributed by atoms with Gasteiger partial charge in [0, 0.05) is 32.0 Å². The molecule has 2 rings (SSSR count). The third kappa shape index (κ3) is 3.23. The van der Waals surface area contributed by atoms with Crippen LogP contribution in [0.2, 0.25) is 0 Å². The fourth-order valence-corrected chi connectivity index (χ4v) is 2.43. The van der Waals surface area contributed by atoms with E-state index in [-0.39, 0.29) is 5.91 Å². The Balaban J connectivity index is 2.05. The van der Waals surface area contributed by atoms with Crippen molar-refractivity contribution < 1.29 is 4.79 Å². The Bertz CT molecular complexity index is 441. The van der Waals surface area contributed by atoms with Gasteiger partial charge in [0.2, 0.25) is 0 Å². The summed E-state index contributed by atoms with van der Waals surface area (Å²) in [7, 11) is 5.84. The fourth-order valence-electron chi connectivity index (χ4n) is 2.43. The molecule has 5 heteroatoms. The average Bonchev–Trinajstić information content (AvgIpc) is 2.46. The van der Waals surface area contributed by atoms with Crippen LogP contribution in [0, 0.1) is 0 Å². The molecule has 0 spiro atoms. The number of nitrogens with zero attached hydrogens (tertiary/aromatic N) is 3. The van der Waals surface area contributed by atoms with Gasteiger partial charge in [0.1, 0.15) is 5.69 Å². The van der Waals surface area contributed by atoms with E-state index in [0.717, 1.165) is 31.6 Å². The van der Waals surface area contributed by atoms with Crippen LogP contribution >= 0.6 is 0 Å². The van der Waals surface area contributed by atoms with E-state index >= 15 is 0 Å². The summed E-state index contributed by atoms with van der Waals surface area (Å²) in [4.78, 5) is 20.7. The highest BCUT2D eigenvalue weighted by Crippen LogP contribution is 2.17. The third-order valence-corrected chi connectivity index (χ3v) is 3.82. The number of nitrogens with one attached hydrogen (secondary N) is 1. The molecule has 0 saturated carbocycles. The summed E-state index contributed by atoms with van der Waals surface area (Å²) >= 11 is 0. The first kappa shape index (κ1) is 13.8. The lowest BCUT2D eigenvalue weighted by Crippen LogP contribution is -2.44. The zero-order chi connectivity index (χ0) is 13.8. The SMILES string of the molecule is CNc1ccnc(C(=O)N(C)C2CCN(C)CC2)c1. The van der Waals surface area contributed by atoms with E-state index in [1.54, 1.807) is 12.3 Å². The number of aromatic nitrogens is 1. The lowest BCUT2D eigenvalue weighted by Gasteiger charge is -2.34. The summed E-state index contributed by atoms with van der Waals surface area (Å²) in [6, 6.07) is 3.98. The van der Waals surface area contributed by atoms with Crippen LogP contribution in [0.3, 0.4) is 0 Å². The number of anilines is 1. The molecule has 1 fully saturated rings. The number of carbonyl (C=O) groups excluding carboxylic acids is 1. The van der Waals surface area contributed by atoms with Crippen LogP contribution in [0.5, 0.6) is 0 Å². The molecule has 0 aromatic carbocycles. The standard InChI is InChI=1S/C14H22N4O/c1-15-11-4-7-16-13(10-11)14(19)18(3)12-5-8-17(2)9-6-12/h4,7,10,12H,5-6,8-9H2,1-3H3,(H,15,16). The minimum Gasteiger partial charge on any atom is -0.388 e. The maximum Gasteiger partial charge on any atom is 0.272 e. The van der Waals surface area contributed by atoms with Crippen LogP contribution < -0.4 is 5.32 Å². The molecular weight excluding hydrogens is 240 g/mol. The Kier molecular flexibility index (Phi) is 4.37. The van der Waals surface area contributed by atoms with Crippen molar-refractivity contribution in [2.45, 2.75) is 18.9 Å². The van der Waals surface area contributed by atoms with Gasteiger partial charge in [-0.25, -0.2) is 0 Å². The molecule has 0 aliphatic carbocycles. The van der Waals surface area contributed by atoms with Crippen molar-refractivity contribution in [2.24, 2.45) is 0 Å². The minimum absolute atomic E-state index is 0.00616. The summed E-state index contributed by atoms with van der Waals surface area (Å²) in [6.45, 7) is 2.10. The molecule has 0 radical (unpaired) electrons. The van der Waals surface area contributed by atoms with Crippen molar-refractivity contribution in [2.75, 3.05) is 39.5 Å². The largest absolute Gasteiger partial charge is 0.388 e. The van der Waals surface area contributed by atoms with Crippen LogP contribution in [0.1, 0.15) is 23.3 Å². The van der Waals surface area contributed by atoms with Gasteiger partial charge < -0.3 is 15.1 Å². The van der Waals surface area contributed by atoms with Crippen LogP contribution in [-0.2, 0) is 0 Å². The highest BCUT2D eigenvalue weighted by Gasteiger charge is 2.25. The van der Waals surface area contributed by atoms with Gasteiger partial charge >= 0.3 is 0 Å². The predicted octanol–water partition coefficient (Wildman–Crippen LogP) is 1.29. The molecule has 1 aliphatic heterocycles. The van der Waals surface area contributed by atoms with E-state index in [1.165, 1.54) is 0 Å². The molecule has 104 valence electrons. The molecule has 0 bridgehead atoms. The number of carbonyl (C=O) groups is 1. The second kappa shape index (κ2) is 6.02. The fraction of sp³-hybridized carbons (Fsp3) is 0.571. The number of likely N-dealkylation sites (tertiary alicyclic amines) is 1. The zero-order valence-corrected chi connectivity index (χ0v) is 11.9. The van der Waals surface area contributed by atoms with E-state index in [0.29, 0.717) is 11.7 Å². The Labute approximate surface area is 114 Å². The van der Waals surface area contributed by atoms with Gasteiger partial charge in [0.25, 0.3) is 5.91 Å². The first-order chi connectivity index (χ1) is 9.11. The smallest absolute Gasteiger partial charge is 0.272 e. The van der Waals surface area contributed by atoms with Crippen molar-refractivity contribution in [1.82, 2.24) is 14.8 Å². The van der Waals surface area contributed by atoms with Gasteiger partial charge in [0.15, 0.2) is 0 Å². The Morgan fingerprint density at radius 2 is 2.16 bits per heavy atom. The number of amides is 1. The third-order valence-electron chi connectivity index (χ3n) is 3.82. The van der Waals surface area contributed by atoms with E-state index < -0.39 is 0 Å². The second-order valence-electron chi connectivity index (χ2n) is 5.13. The topological polar surface area (TPSA) is 48.5 Å². The van der Waals surface area contributed by atoms with Gasteiger partial charge in [-0.3, -0.25) is 9.78 Å². The van der Waals surface area contributed by atoms with E-state index in [4.69, 9.17) is 0 Å². The van der Waals surface area contributed by atoms with E-state index in [2.05, 4.69) is 22.2 Å². The predicted molar refractivity (Wildman–Crippen MR) is 76.4 cm³/mol. The van der Waals surface area contributed by atoms with Crippen LogP contribution in [-0.4, -0.2) is 61.0 Å². The number of rotatable bonds is 3. The molecule has 0 unspecified atom stereocenters. The van der Waals surface area contributed by atoms with Crippen molar-refractivity contribution in [3.8, 4) is 0 Å². The normalized spacial score (nSPS) is 17.2. The highest BCUT2D eigenvalue weighted by molar-refractivity contribution is 5.93. The highest BCUT2D eigenvalue weighted by atomic mass is 16.2. The van der Waals surface area contributed by atoms with Gasteiger partial charge in [-0.2, -0.15) is 0 Å². The Hall–Kier alpha value is -1.62. The minimum atomic E-state index is 0.00616. The summed E-state index contributed by atoms with van der Waals surface area (Å²) in [6.07, 6.45) is 3.73. The number of hydrogen-bond donors (Lipinski definition) is 1. The number of piperidine rings is 1. The van der Waals surface area contributed by atoms with Crippen molar-refractivity contribution in [1.29, 1.82) is 0 Å². The van der Waals surface area contributed by atoms with Gasteiger partial charge in [-0.1, -0.05) is 0 Å². The molecule has 1 amide bonds. The summed E-state index contributed by atoms with van der Waals surface area (Å²) in [5.41, 5.74) is 1.42. The summed E-state index contributed by atoms with van der Waals surface area (Å²) in [5.74, 6) is 0.00616. The molecule has 19 heavy (non-hydrogen) atoms. The molecule has 1 N–H and O–H groups in total. The quantitative estimate of drug-likeness (QED) is 0.891. The Morgan fingerprint density at radius 3 is 2.79 bits per heavy atom. The molecule has 1 saturated heterocycles. The maximum absolute atomic E-state index is 12.4. The average molecular weight is 262 g/mol. The van der Waals surface area contributed by atoms with Gasteiger partial charge in [-0.15, -0.1) is 0 Å². The Morgan fingerprint density at radius 1 is 1.47 bits per heavy atom. The lowest BCUT2D eigenvalue weighted by atomic mass is 10.0. The molecule has 1 aliphatic rings. The van der Waals surface area contributed by atoms with Crippen LogP contribution in [0.4, 0.5) is 5.69 Å². The van der Waals surface area contributed by atoms with Crippen molar-refractivity contribution in [3.63, 3.8) is 0 Å². The lowest BCUT2D eigenvalue weighted by molar-refractivity contribution is 0.0654. The molecule has 1 aromatic rings. The first-order valence-electron chi connectivity index (χ1n) is 6.71. The second-order valence-corrected chi connectivity index (χ2v) is 5.13. The molecule has 2 heterocycles. The first-order valence-corrected chi connectivity index (χ1v) is 6.71. The van der Waals surface area contributed by atoms with Crippen molar-refractivity contribution in [3.05, 3.63) is 24.0 Å². The summed E-state index contributed by atoms with van der Waals surface area (Å²) < 4.78 is 0. The molecule has 1 aromatic heterocycles. The number of pyridine rings is 1. The van der Waals surface area contributed by atoms with Crippen LogP contribution in [0.25, 0.3) is 0 Å². The van der Waals surface area contributed by atoms with E-state index in [1.807, 2.05) is 25.1 Å². The molecule has 0 atom stereocenters. The molecule has 5 nitrogen and oxygen atoms in total. The number of hydrogen-bond acceptors (Lipinski definition) is 4. The molecular formula is C14H22N4O. The zero-order valence-electron chi connectivity index (χ0n) is 11.9. The van der Waals surface area contributed by atoms with Gasteiger partial charge in [0.05, 0.1) is 0 Å². The van der Waals surface area contributed by atoms with Crippen LogP contribution in [0.15, 0.2) is 18.3 Å². The monoisotopic (exact) mass is 262 g/mol. The van der Waals surface area contributed by atoms with Crippen molar-refractivity contribution >= 4 is 11.6 Å². The summed E-state index contributed by atoms with van der Waals surface area (Å²) in [5, 5.41) is 3.03. The van der Waals surface area contributed by atoms with Gasteiger partial charge in [-0.05, 0) is 45.1 Å². The maximum atomic E-state index is 12.4. The van der Waals surface area contributed by atoms with E-state index in [9.17, 15) is 4.79 Å².